The molecule has 2 N–H and O–H groups in total. The molecule has 0 saturated carbocycles. The number of primary sulfonamides is 1. The van der Waals surface area contributed by atoms with Gasteiger partial charge in [-0.2, -0.15) is 0 Å². The number of hydrogen-bond donors (Lipinski definition) is 1. The molecule has 0 fully saturated rings. The molecular formula is C8H10ClN3O3S. The molecule has 0 saturated heterocycles. The summed E-state index contributed by atoms with van der Waals surface area (Å²) >= 11 is 5.55. The van der Waals surface area contributed by atoms with Gasteiger partial charge in [0.05, 0.1) is 5.56 Å². The Hall–Kier alpha value is -1.18. The Kier molecular flexibility index (Phi) is 3.51. The Morgan fingerprint density at radius 1 is 1.44 bits per heavy atom. The number of nitrogens with zero attached hydrogens (tertiary/aromatic N) is 2. The molecule has 0 atom stereocenters. The van der Waals surface area contributed by atoms with Crippen molar-refractivity contribution in [2.75, 3.05) is 14.1 Å². The van der Waals surface area contributed by atoms with E-state index in [0.29, 0.717) is 0 Å². The summed E-state index contributed by atoms with van der Waals surface area (Å²) < 4.78 is 22.4. The molecule has 1 aromatic heterocycles. The predicted octanol–water partition coefficient (Wildman–Crippen LogP) is 0.0842. The summed E-state index contributed by atoms with van der Waals surface area (Å²) in [4.78, 5) is 16.4. The van der Waals surface area contributed by atoms with E-state index in [1.807, 2.05) is 0 Å². The van der Waals surface area contributed by atoms with Crippen molar-refractivity contribution in [1.82, 2.24) is 9.88 Å². The number of halogens is 1. The third kappa shape index (κ3) is 2.69. The lowest BCUT2D eigenvalue weighted by atomic mass is 10.2. The van der Waals surface area contributed by atoms with Gasteiger partial charge in [0.1, 0.15) is 5.15 Å². The lowest BCUT2D eigenvalue weighted by molar-refractivity contribution is 0.0823. The lowest BCUT2D eigenvalue weighted by Crippen LogP contribution is -2.26. The minimum atomic E-state index is -4.08. The Balaban J connectivity index is 3.47. The highest BCUT2D eigenvalue weighted by Crippen LogP contribution is 2.16. The van der Waals surface area contributed by atoms with Crippen molar-refractivity contribution in [3.63, 3.8) is 0 Å². The molecule has 1 rings (SSSR count). The summed E-state index contributed by atoms with van der Waals surface area (Å²) in [6.07, 6.45) is 0. The number of carbonyl (C=O) groups excluding carboxylic acids is 1. The van der Waals surface area contributed by atoms with Crippen LogP contribution in [0.5, 0.6) is 0 Å². The fourth-order valence-electron chi connectivity index (χ4n) is 1.04. The molecule has 88 valence electrons. The van der Waals surface area contributed by atoms with Crippen LogP contribution in [-0.2, 0) is 10.0 Å². The second-order valence-corrected chi connectivity index (χ2v) is 5.10. The van der Waals surface area contributed by atoms with E-state index in [0.717, 1.165) is 0 Å². The zero-order chi connectivity index (χ0) is 12.5. The molecule has 0 spiro atoms. The number of amides is 1. The molecule has 0 aliphatic carbocycles. The van der Waals surface area contributed by atoms with Crippen molar-refractivity contribution in [2.45, 2.75) is 5.03 Å². The second kappa shape index (κ2) is 4.36. The Morgan fingerprint density at radius 3 is 2.44 bits per heavy atom. The highest BCUT2D eigenvalue weighted by molar-refractivity contribution is 7.89. The van der Waals surface area contributed by atoms with Gasteiger partial charge in [-0.1, -0.05) is 11.6 Å². The summed E-state index contributed by atoms with van der Waals surface area (Å²) in [7, 11) is -1.10. The van der Waals surface area contributed by atoms with Gasteiger partial charge in [-0.3, -0.25) is 4.79 Å². The van der Waals surface area contributed by atoms with Crippen molar-refractivity contribution in [1.29, 1.82) is 0 Å². The van der Waals surface area contributed by atoms with Crippen LogP contribution in [0.1, 0.15) is 10.4 Å². The first kappa shape index (κ1) is 12.9. The first-order chi connectivity index (χ1) is 7.23. The normalized spacial score (nSPS) is 11.2. The average molecular weight is 264 g/mol. The molecular weight excluding hydrogens is 254 g/mol. The summed E-state index contributed by atoms with van der Waals surface area (Å²) in [5.41, 5.74) is -0.100. The molecule has 0 aromatic carbocycles. The number of pyridine rings is 1. The van der Waals surface area contributed by atoms with Gasteiger partial charge in [-0.25, -0.2) is 18.5 Å². The van der Waals surface area contributed by atoms with Crippen molar-refractivity contribution < 1.29 is 13.2 Å². The number of carbonyl (C=O) groups is 1. The molecule has 0 bridgehead atoms. The lowest BCUT2D eigenvalue weighted by Gasteiger charge is -2.12. The molecule has 16 heavy (non-hydrogen) atoms. The van der Waals surface area contributed by atoms with Gasteiger partial charge in [0.15, 0.2) is 5.03 Å². The molecule has 1 amide bonds. The zero-order valence-corrected chi connectivity index (χ0v) is 10.2. The molecule has 0 unspecified atom stereocenters. The van der Waals surface area contributed by atoms with E-state index in [1.165, 1.54) is 31.1 Å². The first-order valence-corrected chi connectivity index (χ1v) is 6.07. The third-order valence-electron chi connectivity index (χ3n) is 1.73. The topological polar surface area (TPSA) is 93.4 Å². The summed E-state index contributed by atoms with van der Waals surface area (Å²) in [6, 6.07) is 2.60. The average Bonchev–Trinajstić information content (AvgIpc) is 2.15. The highest BCUT2D eigenvalue weighted by Gasteiger charge is 2.22. The Bertz CT molecular complexity index is 527. The van der Waals surface area contributed by atoms with Gasteiger partial charge >= 0.3 is 0 Å². The van der Waals surface area contributed by atoms with E-state index < -0.39 is 21.0 Å². The molecule has 0 aliphatic heterocycles. The predicted molar refractivity (Wildman–Crippen MR) is 58.6 cm³/mol. The van der Waals surface area contributed by atoms with Gasteiger partial charge in [0.25, 0.3) is 15.9 Å². The molecule has 6 nitrogen and oxygen atoms in total. The minimum absolute atomic E-state index is 0.0423. The monoisotopic (exact) mass is 263 g/mol. The number of nitrogens with two attached hydrogens (primary N) is 1. The van der Waals surface area contributed by atoms with E-state index in [4.69, 9.17) is 16.7 Å². The summed E-state index contributed by atoms with van der Waals surface area (Å²) in [5, 5.41) is 4.39. The highest BCUT2D eigenvalue weighted by atomic mass is 35.5. The van der Waals surface area contributed by atoms with Crippen LogP contribution in [0, 0.1) is 0 Å². The van der Waals surface area contributed by atoms with Crippen LogP contribution in [0.4, 0.5) is 0 Å². The largest absolute Gasteiger partial charge is 0.345 e. The van der Waals surface area contributed by atoms with Crippen molar-refractivity contribution in [3.8, 4) is 0 Å². The van der Waals surface area contributed by atoms with Gasteiger partial charge in [0.2, 0.25) is 0 Å². The Labute approximate surface area is 98.1 Å². The maximum Gasteiger partial charge on any atom is 0.256 e. The van der Waals surface area contributed by atoms with Crippen LogP contribution >= 0.6 is 11.6 Å². The van der Waals surface area contributed by atoms with Crippen molar-refractivity contribution >= 4 is 27.5 Å². The van der Waals surface area contributed by atoms with Crippen LogP contribution in [0.3, 0.4) is 0 Å². The molecule has 1 aromatic rings. The van der Waals surface area contributed by atoms with Gasteiger partial charge in [-0.05, 0) is 12.1 Å². The SMILES string of the molecule is CN(C)C(=O)c1ccc(Cl)nc1S(N)(=O)=O. The first-order valence-electron chi connectivity index (χ1n) is 4.14. The summed E-state index contributed by atoms with van der Waals surface area (Å²) in [5.74, 6) is -0.506. The van der Waals surface area contributed by atoms with E-state index in [9.17, 15) is 13.2 Å². The Morgan fingerprint density at radius 2 is 2.00 bits per heavy atom. The van der Waals surface area contributed by atoms with E-state index in [1.54, 1.807) is 0 Å². The maximum atomic E-state index is 11.6. The molecule has 0 radical (unpaired) electrons. The fraction of sp³-hybridized carbons (Fsp3) is 0.250. The molecule has 0 aliphatic rings. The minimum Gasteiger partial charge on any atom is -0.345 e. The van der Waals surface area contributed by atoms with Crippen molar-refractivity contribution in [2.24, 2.45) is 5.14 Å². The number of hydrogen-bond acceptors (Lipinski definition) is 4. The van der Waals surface area contributed by atoms with Crippen molar-refractivity contribution in [3.05, 3.63) is 22.8 Å². The number of sulfonamides is 1. The van der Waals surface area contributed by atoms with E-state index in [-0.39, 0.29) is 10.7 Å². The quantitative estimate of drug-likeness (QED) is 0.765. The second-order valence-electron chi connectivity index (χ2n) is 3.23. The molecule has 8 heteroatoms. The maximum absolute atomic E-state index is 11.6. The van der Waals surface area contributed by atoms with Crippen LogP contribution in [-0.4, -0.2) is 38.3 Å². The zero-order valence-electron chi connectivity index (χ0n) is 8.64. The summed E-state index contributed by atoms with van der Waals surface area (Å²) in [6.45, 7) is 0. The van der Waals surface area contributed by atoms with Crippen LogP contribution in [0.15, 0.2) is 17.2 Å². The third-order valence-corrected chi connectivity index (χ3v) is 2.79. The standard InChI is InChI=1S/C8H10ClN3O3S/c1-12(2)8(13)5-3-4-6(9)11-7(5)16(10,14)15/h3-4H,1-2H3,(H2,10,14,15). The van der Waals surface area contributed by atoms with Gasteiger partial charge in [-0.15, -0.1) is 0 Å². The number of rotatable bonds is 2. The fourth-order valence-corrected chi connectivity index (χ4v) is 1.92. The van der Waals surface area contributed by atoms with E-state index in [2.05, 4.69) is 4.98 Å². The van der Waals surface area contributed by atoms with E-state index >= 15 is 0 Å². The van der Waals surface area contributed by atoms with Crippen LogP contribution < -0.4 is 5.14 Å². The van der Waals surface area contributed by atoms with Crippen LogP contribution in [0.2, 0.25) is 5.15 Å². The van der Waals surface area contributed by atoms with Gasteiger partial charge < -0.3 is 4.90 Å². The smallest absolute Gasteiger partial charge is 0.256 e. The number of aromatic nitrogens is 1. The molecule has 1 heterocycles. The van der Waals surface area contributed by atoms with Crippen LogP contribution in [0.25, 0.3) is 0 Å². The van der Waals surface area contributed by atoms with Gasteiger partial charge in [0, 0.05) is 14.1 Å².